The second-order valence-electron chi connectivity index (χ2n) is 4.46. The molecule has 0 aliphatic carbocycles. The van der Waals surface area contributed by atoms with E-state index in [1.165, 1.54) is 0 Å². The summed E-state index contributed by atoms with van der Waals surface area (Å²) in [5, 5.41) is 15.2. The van der Waals surface area contributed by atoms with Gasteiger partial charge in [0, 0.05) is 25.6 Å². The molecule has 0 aromatic carbocycles. The first kappa shape index (κ1) is 13.4. The lowest BCUT2D eigenvalue weighted by Gasteiger charge is -2.17. The van der Waals surface area contributed by atoms with Crippen LogP contribution in [-0.4, -0.2) is 35.7 Å². The molecule has 0 aromatic rings. The van der Waals surface area contributed by atoms with Crippen LogP contribution in [0.3, 0.4) is 0 Å². The van der Waals surface area contributed by atoms with E-state index >= 15 is 0 Å². The lowest BCUT2D eigenvalue weighted by atomic mass is 10.1. The Kier molecular flexibility index (Phi) is 5.72. The molecule has 0 rings (SSSR count). The molecular weight excluding hydrogens is 180 g/mol. The molecule has 0 bridgehead atoms. The predicted molar refractivity (Wildman–Crippen MR) is 57.1 cm³/mol. The number of rotatable bonds is 6. The van der Waals surface area contributed by atoms with E-state index in [0.717, 1.165) is 0 Å². The summed E-state index contributed by atoms with van der Waals surface area (Å²) in [4.78, 5) is 11.2. The van der Waals surface area contributed by atoms with Gasteiger partial charge in [-0.3, -0.25) is 4.79 Å². The van der Waals surface area contributed by atoms with Crippen LogP contribution in [0.1, 0.15) is 34.1 Å². The topological polar surface area (TPSA) is 61.4 Å². The third-order valence-corrected chi connectivity index (χ3v) is 1.54. The molecule has 0 fully saturated rings. The van der Waals surface area contributed by atoms with Crippen LogP contribution < -0.4 is 10.6 Å². The van der Waals surface area contributed by atoms with Crippen LogP contribution in [0.25, 0.3) is 0 Å². The van der Waals surface area contributed by atoms with Crippen molar-refractivity contribution in [1.82, 2.24) is 10.6 Å². The minimum absolute atomic E-state index is 0.0447. The molecule has 0 aromatic heterocycles. The maximum Gasteiger partial charge on any atom is 0.221 e. The first-order valence-corrected chi connectivity index (χ1v) is 5.04. The van der Waals surface area contributed by atoms with Crippen molar-refractivity contribution in [3.63, 3.8) is 0 Å². The summed E-state index contributed by atoms with van der Waals surface area (Å²) < 4.78 is 0. The summed E-state index contributed by atoms with van der Waals surface area (Å²) in [5.74, 6) is 0.0447. The summed E-state index contributed by atoms with van der Waals surface area (Å²) in [5.41, 5.74) is -0.714. The number of amides is 1. The van der Waals surface area contributed by atoms with Crippen molar-refractivity contribution in [1.29, 1.82) is 0 Å². The van der Waals surface area contributed by atoms with Gasteiger partial charge in [-0.05, 0) is 27.7 Å². The Morgan fingerprint density at radius 1 is 1.43 bits per heavy atom. The van der Waals surface area contributed by atoms with Gasteiger partial charge in [0.2, 0.25) is 5.91 Å². The molecule has 0 radical (unpaired) electrons. The predicted octanol–water partition coefficient (Wildman–Crippen LogP) is 0.262. The summed E-state index contributed by atoms with van der Waals surface area (Å²) in [7, 11) is 0. The Morgan fingerprint density at radius 3 is 2.43 bits per heavy atom. The summed E-state index contributed by atoms with van der Waals surface area (Å²) in [6, 6.07) is 0.191. The fraction of sp³-hybridized carbons (Fsp3) is 0.900. The van der Waals surface area contributed by atoms with Gasteiger partial charge in [-0.2, -0.15) is 0 Å². The standard InChI is InChI=1S/C10H22N2O2/c1-8(2)12-9(13)5-6-11-7-10(3,4)14/h8,11,14H,5-7H2,1-4H3,(H,12,13). The largest absolute Gasteiger partial charge is 0.389 e. The van der Waals surface area contributed by atoms with Gasteiger partial charge in [0.1, 0.15) is 0 Å². The normalized spacial score (nSPS) is 11.9. The van der Waals surface area contributed by atoms with E-state index in [9.17, 15) is 9.90 Å². The van der Waals surface area contributed by atoms with Gasteiger partial charge >= 0.3 is 0 Å². The SMILES string of the molecule is CC(C)NC(=O)CCNCC(C)(C)O. The number of carbonyl (C=O) groups excluding carboxylic acids is 1. The molecule has 0 atom stereocenters. The number of aliphatic hydroxyl groups is 1. The highest BCUT2D eigenvalue weighted by molar-refractivity contribution is 5.76. The van der Waals surface area contributed by atoms with Gasteiger partial charge in [0.05, 0.1) is 5.60 Å². The van der Waals surface area contributed by atoms with E-state index in [2.05, 4.69) is 10.6 Å². The summed E-state index contributed by atoms with van der Waals surface area (Å²) >= 11 is 0. The fourth-order valence-electron chi connectivity index (χ4n) is 0.990. The summed E-state index contributed by atoms with van der Waals surface area (Å²) in [6.07, 6.45) is 0.453. The third kappa shape index (κ3) is 9.48. The monoisotopic (exact) mass is 202 g/mol. The van der Waals surface area contributed by atoms with Gasteiger partial charge in [-0.1, -0.05) is 0 Å². The van der Waals surface area contributed by atoms with Gasteiger partial charge in [-0.15, -0.1) is 0 Å². The highest BCUT2D eigenvalue weighted by Gasteiger charge is 2.11. The van der Waals surface area contributed by atoms with Crippen LogP contribution in [0, 0.1) is 0 Å². The van der Waals surface area contributed by atoms with Crippen LogP contribution in [0.5, 0.6) is 0 Å². The highest BCUT2D eigenvalue weighted by Crippen LogP contribution is 1.96. The third-order valence-electron chi connectivity index (χ3n) is 1.54. The molecule has 0 unspecified atom stereocenters. The van der Waals surface area contributed by atoms with E-state index in [1.54, 1.807) is 13.8 Å². The van der Waals surface area contributed by atoms with Crippen LogP contribution in [0.4, 0.5) is 0 Å². The zero-order valence-corrected chi connectivity index (χ0v) is 9.55. The molecule has 0 spiro atoms. The van der Waals surface area contributed by atoms with Gasteiger partial charge in [0.15, 0.2) is 0 Å². The van der Waals surface area contributed by atoms with E-state index in [4.69, 9.17) is 0 Å². The van der Waals surface area contributed by atoms with Gasteiger partial charge in [-0.25, -0.2) is 0 Å². The van der Waals surface area contributed by atoms with Crippen LogP contribution in [0.15, 0.2) is 0 Å². The van der Waals surface area contributed by atoms with Crippen LogP contribution >= 0.6 is 0 Å². The Balaban J connectivity index is 3.41. The molecule has 0 aliphatic rings. The van der Waals surface area contributed by atoms with Crippen molar-refractivity contribution in [2.24, 2.45) is 0 Å². The molecule has 4 heteroatoms. The van der Waals surface area contributed by atoms with Crippen LogP contribution in [-0.2, 0) is 4.79 Å². The van der Waals surface area contributed by atoms with Crippen molar-refractivity contribution in [3.05, 3.63) is 0 Å². The molecule has 0 aliphatic heterocycles. The Morgan fingerprint density at radius 2 is 2.00 bits per heavy atom. The first-order chi connectivity index (χ1) is 6.31. The average molecular weight is 202 g/mol. The Bertz CT molecular complexity index is 173. The quantitative estimate of drug-likeness (QED) is 0.541. The summed E-state index contributed by atoms with van der Waals surface area (Å²) in [6.45, 7) is 8.43. The Hall–Kier alpha value is -0.610. The molecule has 14 heavy (non-hydrogen) atoms. The molecule has 84 valence electrons. The highest BCUT2D eigenvalue weighted by atomic mass is 16.3. The second kappa shape index (κ2) is 5.98. The number of hydrogen-bond acceptors (Lipinski definition) is 3. The van der Waals surface area contributed by atoms with Gasteiger partial charge in [0.25, 0.3) is 0 Å². The first-order valence-electron chi connectivity index (χ1n) is 5.04. The molecule has 1 amide bonds. The molecule has 0 saturated carbocycles. The second-order valence-corrected chi connectivity index (χ2v) is 4.46. The minimum Gasteiger partial charge on any atom is -0.389 e. The lowest BCUT2D eigenvalue weighted by molar-refractivity contribution is -0.121. The van der Waals surface area contributed by atoms with E-state index in [1.807, 2.05) is 13.8 Å². The zero-order valence-electron chi connectivity index (χ0n) is 9.55. The van der Waals surface area contributed by atoms with E-state index < -0.39 is 5.60 Å². The van der Waals surface area contributed by atoms with E-state index in [-0.39, 0.29) is 11.9 Å². The molecular formula is C10H22N2O2. The lowest BCUT2D eigenvalue weighted by Crippen LogP contribution is -2.37. The van der Waals surface area contributed by atoms with E-state index in [0.29, 0.717) is 19.5 Å². The average Bonchev–Trinajstić information content (AvgIpc) is 1.95. The number of nitrogens with one attached hydrogen (secondary N) is 2. The molecule has 4 nitrogen and oxygen atoms in total. The Labute approximate surface area is 86.1 Å². The van der Waals surface area contributed by atoms with Crippen molar-refractivity contribution >= 4 is 5.91 Å². The molecule has 0 saturated heterocycles. The maximum atomic E-state index is 11.2. The molecule has 3 N–H and O–H groups in total. The number of carbonyl (C=O) groups is 1. The maximum absolute atomic E-state index is 11.2. The minimum atomic E-state index is -0.714. The van der Waals surface area contributed by atoms with Gasteiger partial charge < -0.3 is 15.7 Å². The van der Waals surface area contributed by atoms with Crippen molar-refractivity contribution < 1.29 is 9.90 Å². The zero-order chi connectivity index (χ0) is 11.2. The smallest absolute Gasteiger partial charge is 0.221 e. The van der Waals surface area contributed by atoms with Crippen molar-refractivity contribution in [2.45, 2.75) is 45.8 Å². The van der Waals surface area contributed by atoms with Crippen LogP contribution in [0.2, 0.25) is 0 Å². The van der Waals surface area contributed by atoms with Crippen molar-refractivity contribution in [3.8, 4) is 0 Å². The molecule has 0 heterocycles. The van der Waals surface area contributed by atoms with Crippen molar-refractivity contribution in [2.75, 3.05) is 13.1 Å². The number of hydrogen-bond donors (Lipinski definition) is 3. The fourth-order valence-corrected chi connectivity index (χ4v) is 0.990.